The Balaban J connectivity index is 1.83. The van der Waals surface area contributed by atoms with Crippen LogP contribution in [0.5, 0.6) is 0 Å². The van der Waals surface area contributed by atoms with E-state index in [1.54, 1.807) is 6.08 Å². The predicted octanol–water partition coefficient (Wildman–Crippen LogP) is 4.91. The van der Waals surface area contributed by atoms with Gasteiger partial charge in [0.05, 0.1) is 0 Å². The van der Waals surface area contributed by atoms with Gasteiger partial charge in [-0.05, 0) is 18.9 Å². The second-order valence-electron chi connectivity index (χ2n) is 5.98. The topological polar surface area (TPSA) is 42.2 Å². The van der Waals surface area contributed by atoms with Crippen molar-refractivity contribution in [1.82, 2.24) is 5.32 Å². The van der Waals surface area contributed by atoms with Crippen LogP contribution in [0.1, 0.15) is 48.2 Å². The highest BCUT2D eigenvalue weighted by Gasteiger charge is 2.22. The van der Waals surface area contributed by atoms with Crippen molar-refractivity contribution >= 4 is 28.6 Å². The Morgan fingerprint density at radius 3 is 2.87 bits per heavy atom. The van der Waals surface area contributed by atoms with Crippen molar-refractivity contribution < 1.29 is 9.21 Å². The fourth-order valence-corrected chi connectivity index (χ4v) is 4.46. The van der Waals surface area contributed by atoms with E-state index in [0.717, 1.165) is 22.3 Å². The van der Waals surface area contributed by atoms with E-state index < -0.39 is 0 Å². The van der Waals surface area contributed by atoms with Crippen LogP contribution in [0.15, 0.2) is 41.3 Å². The van der Waals surface area contributed by atoms with Gasteiger partial charge in [0.25, 0.3) is 5.91 Å². The van der Waals surface area contributed by atoms with Crippen LogP contribution in [-0.4, -0.2) is 17.7 Å². The van der Waals surface area contributed by atoms with Crippen molar-refractivity contribution in [3.63, 3.8) is 0 Å². The zero-order valence-corrected chi connectivity index (χ0v) is 14.2. The Hall–Kier alpha value is -1.68. The molecule has 1 aromatic carbocycles. The molecule has 0 radical (unpaired) electrons. The highest BCUT2D eigenvalue weighted by atomic mass is 32.2. The summed E-state index contributed by atoms with van der Waals surface area (Å²) in [5.41, 5.74) is 1.81. The normalized spacial score (nSPS) is 15.7. The quantitative estimate of drug-likeness (QED) is 0.765. The summed E-state index contributed by atoms with van der Waals surface area (Å²) in [5.74, 6) is 1.13. The third-order valence-electron chi connectivity index (χ3n) is 4.33. The van der Waals surface area contributed by atoms with E-state index in [0.29, 0.717) is 17.6 Å². The molecule has 0 saturated heterocycles. The molecule has 1 saturated carbocycles. The first-order valence-corrected chi connectivity index (χ1v) is 9.35. The van der Waals surface area contributed by atoms with Crippen LogP contribution in [-0.2, 0) is 5.75 Å². The van der Waals surface area contributed by atoms with Crippen molar-refractivity contribution in [2.75, 3.05) is 6.54 Å². The maximum absolute atomic E-state index is 12.4. The number of hydrogen-bond donors (Lipinski definition) is 1. The zero-order chi connectivity index (χ0) is 16.1. The minimum atomic E-state index is -0.152. The van der Waals surface area contributed by atoms with Crippen LogP contribution < -0.4 is 5.32 Å². The van der Waals surface area contributed by atoms with Crippen LogP contribution in [0.2, 0.25) is 0 Å². The van der Waals surface area contributed by atoms with Crippen LogP contribution in [0.25, 0.3) is 11.0 Å². The van der Waals surface area contributed by atoms with Gasteiger partial charge in [0.2, 0.25) is 0 Å². The Morgan fingerprint density at radius 1 is 1.30 bits per heavy atom. The number of hydrogen-bond acceptors (Lipinski definition) is 3. The zero-order valence-electron chi connectivity index (χ0n) is 13.3. The number of nitrogens with one attached hydrogen (secondary N) is 1. The van der Waals surface area contributed by atoms with Gasteiger partial charge in [0, 0.05) is 28.5 Å². The average Bonchev–Trinajstić information content (AvgIpc) is 2.97. The Bertz CT molecular complexity index is 686. The lowest BCUT2D eigenvalue weighted by molar-refractivity contribution is 0.0931. The highest BCUT2D eigenvalue weighted by molar-refractivity contribution is 7.99. The minimum absolute atomic E-state index is 0.152. The van der Waals surface area contributed by atoms with Gasteiger partial charge in [-0.15, -0.1) is 6.58 Å². The van der Waals surface area contributed by atoms with Crippen LogP contribution >= 0.6 is 11.8 Å². The number of thioether (sulfide) groups is 1. The van der Waals surface area contributed by atoms with Gasteiger partial charge in [-0.25, -0.2) is 0 Å². The number of fused-ring (bicyclic) bond motifs is 1. The highest BCUT2D eigenvalue weighted by Crippen LogP contribution is 2.34. The van der Waals surface area contributed by atoms with Crippen LogP contribution in [0, 0.1) is 0 Å². The lowest BCUT2D eigenvalue weighted by Crippen LogP contribution is -2.23. The fourth-order valence-electron chi connectivity index (χ4n) is 3.10. The largest absolute Gasteiger partial charge is 0.451 e. The summed E-state index contributed by atoms with van der Waals surface area (Å²) in [6.45, 7) is 4.09. The summed E-state index contributed by atoms with van der Waals surface area (Å²) in [5, 5.41) is 4.59. The molecule has 1 amide bonds. The smallest absolute Gasteiger partial charge is 0.287 e. The number of rotatable bonds is 6. The Morgan fingerprint density at radius 2 is 2.09 bits per heavy atom. The molecule has 2 aromatic rings. The number of carbonyl (C=O) groups is 1. The van der Waals surface area contributed by atoms with Crippen molar-refractivity contribution in [2.45, 2.75) is 43.1 Å². The van der Waals surface area contributed by atoms with Crippen molar-refractivity contribution in [1.29, 1.82) is 0 Å². The SMILES string of the molecule is C=CCNC(=O)c1oc2ccccc2c1CSC1CCCCC1. The second-order valence-corrected chi connectivity index (χ2v) is 7.26. The van der Waals surface area contributed by atoms with Crippen LogP contribution in [0.3, 0.4) is 0 Å². The molecule has 0 spiro atoms. The molecule has 4 heteroatoms. The number of para-hydroxylation sites is 1. The minimum Gasteiger partial charge on any atom is -0.451 e. The third kappa shape index (κ3) is 3.81. The van der Waals surface area contributed by atoms with Gasteiger partial charge in [-0.3, -0.25) is 4.79 Å². The van der Waals surface area contributed by atoms with E-state index in [1.165, 1.54) is 32.1 Å². The number of benzene rings is 1. The molecule has 1 heterocycles. The molecule has 1 N–H and O–H groups in total. The Kier molecular flexibility index (Phi) is 5.44. The van der Waals surface area contributed by atoms with E-state index in [-0.39, 0.29) is 5.91 Å². The van der Waals surface area contributed by atoms with Gasteiger partial charge in [0.15, 0.2) is 5.76 Å². The van der Waals surface area contributed by atoms with E-state index in [9.17, 15) is 4.79 Å². The first kappa shape index (κ1) is 16.2. The Labute approximate surface area is 141 Å². The molecule has 0 unspecified atom stereocenters. The average molecular weight is 329 g/mol. The molecular formula is C19H23NO2S. The van der Waals surface area contributed by atoms with Gasteiger partial charge in [0.1, 0.15) is 5.58 Å². The monoisotopic (exact) mass is 329 g/mol. The fraction of sp³-hybridized carbons (Fsp3) is 0.421. The van der Waals surface area contributed by atoms with E-state index in [4.69, 9.17) is 4.42 Å². The van der Waals surface area contributed by atoms with Gasteiger partial charge in [-0.2, -0.15) is 11.8 Å². The van der Waals surface area contributed by atoms with Crippen molar-refractivity contribution in [2.24, 2.45) is 0 Å². The van der Waals surface area contributed by atoms with E-state index >= 15 is 0 Å². The first-order valence-electron chi connectivity index (χ1n) is 8.30. The second kappa shape index (κ2) is 7.73. The number of carbonyl (C=O) groups excluding carboxylic acids is 1. The van der Waals surface area contributed by atoms with E-state index in [1.807, 2.05) is 36.0 Å². The summed E-state index contributed by atoms with van der Waals surface area (Å²) >= 11 is 1.97. The molecule has 1 aromatic heterocycles. The molecule has 3 rings (SSSR count). The molecule has 0 bridgehead atoms. The molecule has 3 nitrogen and oxygen atoms in total. The maximum atomic E-state index is 12.4. The molecule has 1 fully saturated rings. The standard InChI is InChI=1S/C19H23NO2S/c1-2-12-20-19(21)18-16(13-23-14-8-4-3-5-9-14)15-10-6-7-11-17(15)22-18/h2,6-7,10-11,14H,1,3-5,8-9,12-13H2,(H,20,21). The lowest BCUT2D eigenvalue weighted by Gasteiger charge is -2.20. The first-order chi connectivity index (χ1) is 11.3. The van der Waals surface area contributed by atoms with Crippen molar-refractivity contribution in [3.05, 3.63) is 48.2 Å². The number of furan rings is 1. The molecule has 0 aliphatic heterocycles. The van der Waals surface area contributed by atoms with Gasteiger partial charge < -0.3 is 9.73 Å². The summed E-state index contributed by atoms with van der Waals surface area (Å²) < 4.78 is 5.84. The molecule has 122 valence electrons. The van der Waals surface area contributed by atoms with Crippen LogP contribution in [0.4, 0.5) is 0 Å². The summed E-state index contributed by atoms with van der Waals surface area (Å²) in [6, 6.07) is 7.90. The summed E-state index contributed by atoms with van der Waals surface area (Å²) in [7, 11) is 0. The lowest BCUT2D eigenvalue weighted by atomic mass is 10.0. The predicted molar refractivity (Wildman–Crippen MR) is 96.9 cm³/mol. The maximum Gasteiger partial charge on any atom is 0.287 e. The molecular weight excluding hydrogens is 306 g/mol. The molecule has 23 heavy (non-hydrogen) atoms. The molecule has 1 aliphatic carbocycles. The number of amides is 1. The summed E-state index contributed by atoms with van der Waals surface area (Å²) in [6.07, 6.45) is 8.28. The molecule has 0 atom stereocenters. The summed E-state index contributed by atoms with van der Waals surface area (Å²) in [4.78, 5) is 12.4. The third-order valence-corrected chi connectivity index (χ3v) is 5.73. The molecule has 1 aliphatic rings. The van der Waals surface area contributed by atoms with Gasteiger partial charge >= 0.3 is 0 Å². The van der Waals surface area contributed by atoms with Gasteiger partial charge in [-0.1, -0.05) is 43.5 Å². The van der Waals surface area contributed by atoms with E-state index in [2.05, 4.69) is 11.9 Å². The van der Waals surface area contributed by atoms with Crippen molar-refractivity contribution in [3.8, 4) is 0 Å².